The molecule has 1 amide bonds. The molecule has 174 valence electrons. The molecule has 2 aromatic rings. The Kier molecular flexibility index (Phi) is 8.25. The quantitative estimate of drug-likeness (QED) is 0.638. The van der Waals surface area contributed by atoms with Crippen LogP contribution in [-0.4, -0.2) is 47.2 Å². The van der Waals surface area contributed by atoms with Crippen LogP contribution in [0.2, 0.25) is 0 Å². The minimum absolute atomic E-state index is 0.0189. The van der Waals surface area contributed by atoms with Crippen molar-refractivity contribution in [3.63, 3.8) is 0 Å². The lowest BCUT2D eigenvalue weighted by Crippen LogP contribution is -2.41. The van der Waals surface area contributed by atoms with Gasteiger partial charge in [0.25, 0.3) is 5.91 Å². The van der Waals surface area contributed by atoms with Crippen LogP contribution in [0.15, 0.2) is 71.1 Å². The van der Waals surface area contributed by atoms with E-state index in [1.165, 1.54) is 17.5 Å². The van der Waals surface area contributed by atoms with Gasteiger partial charge in [0.15, 0.2) is 0 Å². The number of nitrogens with zero attached hydrogens (tertiary/aromatic N) is 3. The average molecular weight is 446 g/mol. The fourth-order valence-corrected chi connectivity index (χ4v) is 4.68. The van der Waals surface area contributed by atoms with Gasteiger partial charge in [0.2, 0.25) is 0 Å². The number of piperidine rings is 1. The van der Waals surface area contributed by atoms with Gasteiger partial charge >= 0.3 is 0 Å². The summed E-state index contributed by atoms with van der Waals surface area (Å²) in [6.45, 7) is 3.11. The molecule has 0 bridgehead atoms. The minimum atomic E-state index is -0.0189. The van der Waals surface area contributed by atoms with Gasteiger partial charge in [-0.25, -0.2) is 0 Å². The van der Waals surface area contributed by atoms with Crippen molar-refractivity contribution in [1.82, 2.24) is 15.2 Å². The molecule has 2 heterocycles. The van der Waals surface area contributed by atoms with Gasteiger partial charge in [-0.3, -0.25) is 14.8 Å². The first-order valence-corrected chi connectivity index (χ1v) is 12.2. The first-order chi connectivity index (χ1) is 16.2. The van der Waals surface area contributed by atoms with Gasteiger partial charge in [-0.15, -0.1) is 0 Å². The van der Waals surface area contributed by atoms with Gasteiger partial charge in [0.1, 0.15) is 5.70 Å². The highest BCUT2D eigenvalue weighted by atomic mass is 16.2. The smallest absolute Gasteiger partial charge is 0.270 e. The zero-order valence-electron chi connectivity index (χ0n) is 19.4. The lowest BCUT2D eigenvalue weighted by molar-refractivity contribution is -0.128. The number of nitrogens with two attached hydrogens (primary N) is 1. The van der Waals surface area contributed by atoms with Crippen LogP contribution < -0.4 is 11.1 Å². The molecule has 1 saturated carbocycles. The number of hydrogen-bond donors (Lipinski definition) is 2. The second-order valence-corrected chi connectivity index (χ2v) is 8.99. The van der Waals surface area contributed by atoms with Crippen molar-refractivity contribution in [3.8, 4) is 0 Å². The molecule has 1 unspecified atom stereocenters. The van der Waals surface area contributed by atoms with Crippen LogP contribution in [0.25, 0.3) is 0 Å². The highest BCUT2D eigenvalue weighted by Gasteiger charge is 2.28. The van der Waals surface area contributed by atoms with E-state index in [-0.39, 0.29) is 5.91 Å². The fourth-order valence-electron chi connectivity index (χ4n) is 4.68. The van der Waals surface area contributed by atoms with Gasteiger partial charge in [0.05, 0.1) is 6.54 Å². The summed E-state index contributed by atoms with van der Waals surface area (Å²) in [6, 6.07) is 14.7. The largest absolute Gasteiger partial charge is 0.394 e. The SMILES string of the molecule is N/C(C(=O)N1CCCCC1)=C1/CC(NCCc2ccncc2)CCC1=NCc1ccccc1. The normalized spacial score (nSPS) is 21.8. The zero-order valence-corrected chi connectivity index (χ0v) is 19.4. The first kappa shape index (κ1) is 23.2. The molecule has 6 nitrogen and oxygen atoms in total. The van der Waals surface area contributed by atoms with Gasteiger partial charge in [-0.05, 0) is 74.8 Å². The summed E-state index contributed by atoms with van der Waals surface area (Å²) in [4.78, 5) is 24.1. The molecule has 1 aromatic carbocycles. The molecule has 1 saturated heterocycles. The van der Waals surface area contributed by atoms with E-state index in [2.05, 4.69) is 34.6 Å². The van der Waals surface area contributed by atoms with E-state index in [4.69, 9.17) is 10.7 Å². The number of carbonyl (C=O) groups excluding carboxylic acids is 1. The van der Waals surface area contributed by atoms with Crippen LogP contribution in [0.4, 0.5) is 0 Å². The monoisotopic (exact) mass is 445 g/mol. The van der Waals surface area contributed by atoms with E-state index < -0.39 is 0 Å². The summed E-state index contributed by atoms with van der Waals surface area (Å²) in [6.07, 6.45) is 10.5. The average Bonchev–Trinajstić information content (AvgIpc) is 2.88. The van der Waals surface area contributed by atoms with Crippen molar-refractivity contribution in [2.24, 2.45) is 10.7 Å². The fraction of sp³-hybridized carbons (Fsp3) is 0.444. The Labute approximate surface area is 197 Å². The lowest BCUT2D eigenvalue weighted by Gasteiger charge is -2.31. The van der Waals surface area contributed by atoms with E-state index in [1.807, 2.05) is 35.5 Å². The number of pyridine rings is 1. The summed E-state index contributed by atoms with van der Waals surface area (Å²) < 4.78 is 0. The Morgan fingerprint density at radius 1 is 1.06 bits per heavy atom. The number of rotatable bonds is 7. The molecule has 0 spiro atoms. The van der Waals surface area contributed by atoms with E-state index >= 15 is 0 Å². The first-order valence-electron chi connectivity index (χ1n) is 12.2. The number of benzene rings is 1. The topological polar surface area (TPSA) is 83.6 Å². The highest BCUT2D eigenvalue weighted by molar-refractivity contribution is 6.08. The van der Waals surface area contributed by atoms with E-state index in [1.54, 1.807) is 0 Å². The summed E-state index contributed by atoms with van der Waals surface area (Å²) in [7, 11) is 0. The number of aliphatic imine (C=N–C) groups is 1. The molecule has 4 rings (SSSR count). The Morgan fingerprint density at radius 3 is 2.58 bits per heavy atom. The van der Waals surface area contributed by atoms with Crippen LogP contribution in [-0.2, 0) is 17.8 Å². The second-order valence-electron chi connectivity index (χ2n) is 8.99. The summed E-state index contributed by atoms with van der Waals surface area (Å²) in [5.74, 6) is -0.0189. The molecule has 1 aromatic heterocycles. The van der Waals surface area contributed by atoms with Gasteiger partial charge < -0.3 is 16.0 Å². The number of aromatic nitrogens is 1. The Bertz CT molecular complexity index is 965. The van der Waals surface area contributed by atoms with E-state index in [9.17, 15) is 4.79 Å². The van der Waals surface area contributed by atoms with Crippen molar-refractivity contribution in [2.75, 3.05) is 19.6 Å². The molecule has 1 aliphatic heterocycles. The van der Waals surface area contributed by atoms with Crippen LogP contribution in [0.5, 0.6) is 0 Å². The third-order valence-electron chi connectivity index (χ3n) is 6.62. The Hall–Kier alpha value is -2.99. The Balaban J connectivity index is 1.47. The molecular weight excluding hydrogens is 410 g/mol. The van der Waals surface area contributed by atoms with Crippen molar-refractivity contribution in [3.05, 3.63) is 77.3 Å². The number of carbonyl (C=O) groups is 1. The third-order valence-corrected chi connectivity index (χ3v) is 6.62. The molecule has 1 aliphatic carbocycles. The van der Waals surface area contributed by atoms with Crippen molar-refractivity contribution in [2.45, 2.75) is 57.5 Å². The lowest BCUT2D eigenvalue weighted by atomic mass is 9.86. The van der Waals surface area contributed by atoms with Crippen LogP contribution >= 0.6 is 0 Å². The summed E-state index contributed by atoms with van der Waals surface area (Å²) in [5, 5.41) is 3.68. The van der Waals surface area contributed by atoms with Gasteiger partial charge in [-0.2, -0.15) is 0 Å². The number of nitrogens with one attached hydrogen (secondary N) is 1. The van der Waals surface area contributed by atoms with Crippen LogP contribution in [0.3, 0.4) is 0 Å². The van der Waals surface area contributed by atoms with Crippen molar-refractivity contribution in [1.29, 1.82) is 0 Å². The molecule has 2 aliphatic rings. The molecule has 33 heavy (non-hydrogen) atoms. The van der Waals surface area contributed by atoms with Crippen molar-refractivity contribution >= 4 is 11.6 Å². The van der Waals surface area contributed by atoms with Crippen LogP contribution in [0.1, 0.15) is 49.7 Å². The van der Waals surface area contributed by atoms with Gasteiger partial charge in [0, 0.05) is 42.8 Å². The standard InChI is InChI=1S/C27H35N5O/c28-26(27(33)32-17-5-2-6-18-32)24-19-23(30-16-13-21-11-14-29-15-12-21)9-10-25(24)31-20-22-7-3-1-4-8-22/h1,3-4,7-8,11-12,14-15,23,30H,2,5-6,9-10,13,16-20,28H2/b26-24-,31-25?. The summed E-state index contributed by atoms with van der Waals surface area (Å²) in [5.41, 5.74) is 11.3. The van der Waals surface area contributed by atoms with Gasteiger partial charge in [-0.1, -0.05) is 30.3 Å². The maximum Gasteiger partial charge on any atom is 0.270 e. The zero-order chi connectivity index (χ0) is 22.9. The van der Waals surface area contributed by atoms with Crippen molar-refractivity contribution < 1.29 is 4.79 Å². The van der Waals surface area contributed by atoms with E-state index in [0.29, 0.717) is 18.3 Å². The Morgan fingerprint density at radius 2 is 1.82 bits per heavy atom. The van der Waals surface area contributed by atoms with Crippen LogP contribution in [0, 0.1) is 0 Å². The molecule has 0 radical (unpaired) electrons. The number of amides is 1. The predicted octanol–water partition coefficient (Wildman–Crippen LogP) is 3.63. The summed E-state index contributed by atoms with van der Waals surface area (Å²) >= 11 is 0. The number of likely N-dealkylation sites (tertiary alicyclic amines) is 1. The molecule has 6 heteroatoms. The minimum Gasteiger partial charge on any atom is -0.394 e. The maximum absolute atomic E-state index is 13.2. The predicted molar refractivity (Wildman–Crippen MR) is 133 cm³/mol. The maximum atomic E-state index is 13.2. The number of hydrogen-bond acceptors (Lipinski definition) is 5. The molecule has 2 fully saturated rings. The van der Waals surface area contributed by atoms with E-state index in [0.717, 1.165) is 69.4 Å². The molecular formula is C27H35N5O. The second kappa shape index (κ2) is 11.8. The third kappa shape index (κ3) is 6.51. The molecule has 3 N–H and O–H groups in total. The molecule has 1 atom stereocenters. The highest BCUT2D eigenvalue weighted by Crippen LogP contribution is 2.25.